The van der Waals surface area contributed by atoms with Crippen molar-refractivity contribution in [3.8, 4) is 0 Å². The smallest absolute Gasteiger partial charge is 0.169 e. The SMILES string of the molecule is C=CCCC[C@H](O)C[C@@H](O)CC[C@@]12CC[C@@H](C)[C@@H](O1)[C@@H](C/C=C\CCOCc1ccccc1)O2. The Morgan fingerprint density at radius 1 is 1.12 bits per heavy atom. The van der Waals surface area contributed by atoms with E-state index in [0.29, 0.717) is 44.8 Å². The number of aliphatic hydroxyl groups is 2. The van der Waals surface area contributed by atoms with Crippen molar-refractivity contribution in [3.05, 3.63) is 60.7 Å². The molecule has 0 aliphatic carbocycles. The zero-order chi connectivity index (χ0) is 24.2. The van der Waals surface area contributed by atoms with E-state index in [0.717, 1.165) is 38.5 Å². The van der Waals surface area contributed by atoms with Crippen LogP contribution in [0.3, 0.4) is 0 Å². The summed E-state index contributed by atoms with van der Waals surface area (Å²) in [5.74, 6) is -0.108. The van der Waals surface area contributed by atoms with Gasteiger partial charge in [0.15, 0.2) is 5.79 Å². The van der Waals surface area contributed by atoms with Crippen molar-refractivity contribution in [2.45, 2.75) is 108 Å². The van der Waals surface area contributed by atoms with Gasteiger partial charge in [0.1, 0.15) is 0 Å². The molecule has 0 amide bonds. The highest BCUT2D eigenvalue weighted by Crippen LogP contribution is 2.46. The lowest BCUT2D eigenvalue weighted by atomic mass is 9.88. The Morgan fingerprint density at radius 2 is 1.91 bits per heavy atom. The standard InChI is InChI=1S/C29H44O5/c1-3-4-7-14-25(30)21-26(31)17-19-29-18-16-23(2)28(34-29)27(33-29)15-10-6-11-20-32-22-24-12-8-5-9-13-24/h3,5-6,8-10,12-13,23,25-28,30-31H,1,4,7,11,14-22H2,2H3/b10-6-/t23-,25+,26+,27-,28-,29-/m1/s1. The van der Waals surface area contributed by atoms with Crippen LogP contribution in [0.5, 0.6) is 0 Å². The Morgan fingerprint density at radius 3 is 2.71 bits per heavy atom. The molecule has 2 aliphatic heterocycles. The fraction of sp³-hybridized carbons (Fsp3) is 0.655. The van der Waals surface area contributed by atoms with Gasteiger partial charge in [0.2, 0.25) is 0 Å². The summed E-state index contributed by atoms with van der Waals surface area (Å²) in [4.78, 5) is 0. The molecular weight excluding hydrogens is 428 g/mol. The van der Waals surface area contributed by atoms with Gasteiger partial charge in [-0.25, -0.2) is 0 Å². The van der Waals surface area contributed by atoms with Crippen molar-refractivity contribution in [2.24, 2.45) is 5.92 Å². The lowest BCUT2D eigenvalue weighted by molar-refractivity contribution is -0.208. The van der Waals surface area contributed by atoms with Crippen LogP contribution in [0.4, 0.5) is 0 Å². The monoisotopic (exact) mass is 472 g/mol. The molecule has 1 aromatic carbocycles. The summed E-state index contributed by atoms with van der Waals surface area (Å²) in [6.07, 6.45) is 13.2. The highest BCUT2D eigenvalue weighted by molar-refractivity contribution is 5.13. The van der Waals surface area contributed by atoms with E-state index in [1.54, 1.807) is 0 Å². The van der Waals surface area contributed by atoms with Gasteiger partial charge in [-0.1, -0.05) is 55.5 Å². The van der Waals surface area contributed by atoms with Gasteiger partial charge in [0, 0.05) is 12.8 Å². The van der Waals surface area contributed by atoms with E-state index in [-0.39, 0.29) is 12.2 Å². The van der Waals surface area contributed by atoms with Crippen molar-refractivity contribution >= 4 is 0 Å². The predicted octanol–water partition coefficient (Wildman–Crippen LogP) is 5.70. The molecule has 2 fully saturated rings. The van der Waals surface area contributed by atoms with Crippen LogP contribution in [0, 0.1) is 5.92 Å². The van der Waals surface area contributed by atoms with Gasteiger partial charge in [-0.15, -0.1) is 6.58 Å². The third-order valence-corrected chi connectivity index (χ3v) is 7.05. The average molecular weight is 473 g/mol. The van der Waals surface area contributed by atoms with Crippen molar-refractivity contribution in [2.75, 3.05) is 6.61 Å². The number of benzene rings is 1. The summed E-state index contributed by atoms with van der Waals surface area (Å²) >= 11 is 0. The highest BCUT2D eigenvalue weighted by atomic mass is 16.8. The van der Waals surface area contributed by atoms with Crippen LogP contribution >= 0.6 is 0 Å². The molecule has 2 heterocycles. The van der Waals surface area contributed by atoms with Crippen LogP contribution in [-0.2, 0) is 20.8 Å². The molecule has 0 unspecified atom stereocenters. The second-order valence-electron chi connectivity index (χ2n) is 10.0. The summed E-state index contributed by atoms with van der Waals surface area (Å²) in [6.45, 7) is 7.30. The first-order valence-electron chi connectivity index (χ1n) is 13.1. The molecule has 0 saturated carbocycles. The number of rotatable bonds is 16. The van der Waals surface area contributed by atoms with Crippen molar-refractivity contribution in [1.82, 2.24) is 0 Å². The molecule has 5 nitrogen and oxygen atoms in total. The van der Waals surface area contributed by atoms with Gasteiger partial charge in [-0.05, 0) is 62.8 Å². The fourth-order valence-corrected chi connectivity index (χ4v) is 5.03. The third-order valence-electron chi connectivity index (χ3n) is 7.05. The molecule has 6 atom stereocenters. The lowest BCUT2D eigenvalue weighted by Gasteiger charge is -2.35. The minimum Gasteiger partial charge on any atom is -0.393 e. The Kier molecular flexibility index (Phi) is 11.3. The number of unbranched alkanes of at least 4 members (excludes halogenated alkanes) is 1. The quantitative estimate of drug-likeness (QED) is 0.239. The molecule has 0 aromatic heterocycles. The number of fused-ring (bicyclic) bond motifs is 2. The van der Waals surface area contributed by atoms with E-state index >= 15 is 0 Å². The molecular formula is C29H44O5. The molecule has 0 spiro atoms. The van der Waals surface area contributed by atoms with Crippen LogP contribution in [0.25, 0.3) is 0 Å². The maximum Gasteiger partial charge on any atom is 0.169 e. The molecule has 1 aromatic rings. The van der Waals surface area contributed by atoms with E-state index in [4.69, 9.17) is 14.2 Å². The molecule has 2 bridgehead atoms. The van der Waals surface area contributed by atoms with Crippen molar-refractivity contribution in [1.29, 1.82) is 0 Å². The second kappa shape index (κ2) is 14.2. The summed E-state index contributed by atoms with van der Waals surface area (Å²) in [5.41, 5.74) is 1.20. The largest absolute Gasteiger partial charge is 0.393 e. The van der Waals surface area contributed by atoms with Crippen LogP contribution in [0.2, 0.25) is 0 Å². The maximum atomic E-state index is 10.5. The summed E-state index contributed by atoms with van der Waals surface area (Å²) < 4.78 is 18.6. The second-order valence-corrected chi connectivity index (χ2v) is 10.0. The Labute approximate surface area is 205 Å². The Bertz CT molecular complexity index is 735. The van der Waals surface area contributed by atoms with E-state index in [9.17, 15) is 10.2 Å². The Hall–Kier alpha value is -1.50. The number of allylic oxidation sites excluding steroid dienone is 1. The molecule has 5 heteroatoms. The average Bonchev–Trinajstić information content (AvgIpc) is 3.14. The van der Waals surface area contributed by atoms with Crippen LogP contribution < -0.4 is 0 Å². The van der Waals surface area contributed by atoms with E-state index in [1.807, 2.05) is 24.3 Å². The van der Waals surface area contributed by atoms with E-state index < -0.39 is 18.0 Å². The Balaban J connectivity index is 1.37. The van der Waals surface area contributed by atoms with Gasteiger partial charge in [0.05, 0.1) is 37.6 Å². The van der Waals surface area contributed by atoms with Gasteiger partial charge in [0.25, 0.3) is 0 Å². The number of ether oxygens (including phenoxy) is 3. The van der Waals surface area contributed by atoms with Gasteiger partial charge in [-0.3, -0.25) is 0 Å². The fourth-order valence-electron chi connectivity index (χ4n) is 5.03. The maximum absolute atomic E-state index is 10.5. The number of aliphatic hydroxyl groups excluding tert-OH is 2. The first-order valence-corrected chi connectivity index (χ1v) is 13.1. The lowest BCUT2D eigenvalue weighted by Crippen LogP contribution is -2.38. The molecule has 34 heavy (non-hydrogen) atoms. The van der Waals surface area contributed by atoms with E-state index in [1.165, 1.54) is 5.56 Å². The molecule has 3 rings (SSSR count). The molecule has 2 N–H and O–H groups in total. The molecule has 190 valence electrons. The molecule has 0 radical (unpaired) electrons. The van der Waals surface area contributed by atoms with E-state index in [2.05, 4.69) is 37.8 Å². The zero-order valence-electron chi connectivity index (χ0n) is 20.8. The number of hydrogen-bond acceptors (Lipinski definition) is 5. The first kappa shape index (κ1) is 27.1. The van der Waals surface area contributed by atoms with Gasteiger partial charge >= 0.3 is 0 Å². The zero-order valence-corrected chi connectivity index (χ0v) is 20.8. The molecule has 2 aliphatic rings. The van der Waals surface area contributed by atoms with Crippen molar-refractivity contribution < 1.29 is 24.4 Å². The summed E-state index contributed by atoms with van der Waals surface area (Å²) in [6, 6.07) is 10.2. The first-order chi connectivity index (χ1) is 16.5. The molecule has 2 saturated heterocycles. The van der Waals surface area contributed by atoms with Gasteiger partial charge < -0.3 is 24.4 Å². The van der Waals surface area contributed by atoms with Crippen molar-refractivity contribution in [3.63, 3.8) is 0 Å². The normalized spacial score (nSPS) is 28.3. The van der Waals surface area contributed by atoms with Crippen LogP contribution in [-0.4, -0.2) is 47.0 Å². The summed E-state index contributed by atoms with van der Waals surface area (Å²) in [5, 5.41) is 20.6. The van der Waals surface area contributed by atoms with Gasteiger partial charge in [-0.2, -0.15) is 0 Å². The minimum absolute atomic E-state index is 0.0561. The highest BCUT2D eigenvalue weighted by Gasteiger charge is 2.52. The summed E-state index contributed by atoms with van der Waals surface area (Å²) in [7, 11) is 0. The number of hydrogen-bond donors (Lipinski definition) is 2. The van der Waals surface area contributed by atoms with Crippen LogP contribution in [0.1, 0.15) is 76.7 Å². The topological polar surface area (TPSA) is 68.2 Å². The van der Waals surface area contributed by atoms with Crippen LogP contribution in [0.15, 0.2) is 55.1 Å². The predicted molar refractivity (Wildman–Crippen MR) is 135 cm³/mol. The minimum atomic E-state index is -0.580. The third kappa shape index (κ3) is 8.62.